The van der Waals surface area contributed by atoms with Gasteiger partial charge in [0.25, 0.3) is 5.91 Å². The Kier molecular flexibility index (Phi) is 6.50. The minimum Gasteiger partial charge on any atom is -0.485 e. The van der Waals surface area contributed by atoms with Gasteiger partial charge in [0.05, 0.1) is 5.56 Å². The van der Waals surface area contributed by atoms with E-state index in [1.165, 1.54) is 0 Å². The minimum absolute atomic E-state index is 0.0964. The molecule has 0 saturated carbocycles. The molecule has 0 aliphatic heterocycles. The summed E-state index contributed by atoms with van der Waals surface area (Å²) in [5, 5.41) is 8.65. The molecule has 1 atom stereocenters. The Balaban J connectivity index is 1.39. The third-order valence-corrected chi connectivity index (χ3v) is 6.15. The molecule has 5 aromatic rings. The fraction of sp³-hybridized carbons (Fsp3) is 0.148. The highest BCUT2D eigenvalue weighted by Gasteiger charge is 2.22. The number of nitrogens with zero attached hydrogens (tertiary/aromatic N) is 2. The number of carbonyl (C=O) groups is 1. The third-order valence-electron chi connectivity index (χ3n) is 5.80. The Labute approximate surface area is 207 Å². The summed E-state index contributed by atoms with van der Waals surface area (Å²) in [7, 11) is 0. The molecule has 1 amide bonds. The first-order valence-corrected chi connectivity index (χ1v) is 11.6. The van der Waals surface area contributed by atoms with Crippen LogP contribution in [-0.4, -0.2) is 27.6 Å². The van der Waals surface area contributed by atoms with Crippen LogP contribution in [0, 0.1) is 6.92 Å². The number of benzene rings is 3. The van der Waals surface area contributed by atoms with Crippen molar-refractivity contribution in [1.29, 1.82) is 0 Å². The molecule has 2 N–H and O–H groups in total. The summed E-state index contributed by atoms with van der Waals surface area (Å²) in [6, 6.07) is 22.9. The number of fused-ring (bicyclic) bond motifs is 1. The number of para-hydroxylation sites is 2. The largest absolute Gasteiger partial charge is 0.485 e. The minimum atomic E-state index is -0.248. The van der Waals surface area contributed by atoms with Crippen molar-refractivity contribution in [3.63, 3.8) is 0 Å². The summed E-state index contributed by atoms with van der Waals surface area (Å²) < 4.78 is 10.8. The maximum Gasteiger partial charge on any atom is 0.255 e. The molecule has 3 aromatic carbocycles. The first-order chi connectivity index (χ1) is 17.1. The van der Waals surface area contributed by atoms with Crippen molar-refractivity contribution in [2.45, 2.75) is 19.4 Å². The number of amides is 1. The van der Waals surface area contributed by atoms with Gasteiger partial charge in [-0.1, -0.05) is 65.3 Å². The maximum atomic E-state index is 13.3. The average Bonchev–Trinajstić information content (AvgIpc) is 3.50. The quantitative estimate of drug-likeness (QED) is 0.295. The number of aromatic nitrogens is 3. The molecule has 2 aromatic heterocycles. The lowest BCUT2D eigenvalue weighted by atomic mass is 9.90. The van der Waals surface area contributed by atoms with Crippen molar-refractivity contribution < 1.29 is 14.1 Å². The number of halogens is 1. The van der Waals surface area contributed by atoms with E-state index in [1.54, 1.807) is 25.1 Å². The van der Waals surface area contributed by atoms with E-state index in [1.807, 2.05) is 54.7 Å². The maximum absolute atomic E-state index is 13.3. The molecule has 2 heterocycles. The van der Waals surface area contributed by atoms with Gasteiger partial charge in [-0.15, -0.1) is 0 Å². The Morgan fingerprint density at radius 2 is 1.83 bits per heavy atom. The number of hydrogen-bond acceptors (Lipinski definition) is 5. The molecule has 0 bridgehead atoms. The smallest absolute Gasteiger partial charge is 0.255 e. The van der Waals surface area contributed by atoms with Crippen LogP contribution in [0.1, 0.15) is 39.1 Å². The normalized spacial score (nSPS) is 11.9. The second kappa shape index (κ2) is 10.0. The molecular weight excluding hydrogens is 464 g/mol. The van der Waals surface area contributed by atoms with E-state index in [0.717, 1.165) is 22.0 Å². The zero-order valence-electron chi connectivity index (χ0n) is 19.0. The molecule has 176 valence electrons. The highest BCUT2D eigenvalue weighted by molar-refractivity contribution is 6.31. The fourth-order valence-electron chi connectivity index (χ4n) is 4.14. The van der Waals surface area contributed by atoms with Gasteiger partial charge in [0.15, 0.2) is 6.61 Å². The summed E-state index contributed by atoms with van der Waals surface area (Å²) in [4.78, 5) is 20.7. The summed E-state index contributed by atoms with van der Waals surface area (Å²) in [6.45, 7) is 2.16. The van der Waals surface area contributed by atoms with Gasteiger partial charge >= 0.3 is 0 Å². The fourth-order valence-corrected chi connectivity index (χ4v) is 4.41. The lowest BCUT2D eigenvalue weighted by Crippen LogP contribution is -2.29. The number of hydrogen-bond donors (Lipinski definition) is 2. The predicted octanol–water partition coefficient (Wildman–Crippen LogP) is 5.65. The van der Waals surface area contributed by atoms with Crippen LogP contribution in [0.4, 0.5) is 0 Å². The molecule has 5 rings (SSSR count). The Morgan fingerprint density at radius 3 is 2.66 bits per heavy atom. The van der Waals surface area contributed by atoms with E-state index in [4.69, 9.17) is 20.9 Å². The van der Waals surface area contributed by atoms with E-state index in [-0.39, 0.29) is 18.4 Å². The number of aryl methyl sites for hydroxylation is 1. The molecule has 35 heavy (non-hydrogen) atoms. The highest BCUT2D eigenvalue weighted by Crippen LogP contribution is 2.34. The van der Waals surface area contributed by atoms with Gasteiger partial charge in [-0.25, -0.2) is 0 Å². The molecule has 0 aliphatic carbocycles. The molecule has 7 nitrogen and oxygen atoms in total. The summed E-state index contributed by atoms with van der Waals surface area (Å²) >= 11 is 6.58. The summed E-state index contributed by atoms with van der Waals surface area (Å²) in [5.74, 6) is 0.906. The molecule has 0 saturated heterocycles. The monoisotopic (exact) mass is 486 g/mol. The Morgan fingerprint density at radius 1 is 1.06 bits per heavy atom. The van der Waals surface area contributed by atoms with E-state index < -0.39 is 0 Å². The second-order valence-corrected chi connectivity index (χ2v) is 8.50. The van der Waals surface area contributed by atoms with E-state index >= 15 is 0 Å². The first kappa shape index (κ1) is 22.7. The van der Waals surface area contributed by atoms with Crippen LogP contribution in [0.25, 0.3) is 10.9 Å². The molecule has 0 aliphatic rings. The zero-order valence-corrected chi connectivity index (χ0v) is 19.8. The molecule has 0 fully saturated rings. The van der Waals surface area contributed by atoms with Gasteiger partial charge in [-0.2, -0.15) is 4.98 Å². The van der Waals surface area contributed by atoms with Crippen LogP contribution >= 0.6 is 11.6 Å². The topological polar surface area (TPSA) is 93.0 Å². The number of rotatable bonds is 8. The highest BCUT2D eigenvalue weighted by atomic mass is 35.5. The van der Waals surface area contributed by atoms with Crippen molar-refractivity contribution in [2.75, 3.05) is 6.54 Å². The van der Waals surface area contributed by atoms with Crippen LogP contribution in [0.15, 0.2) is 83.5 Å². The molecule has 8 heteroatoms. The first-order valence-electron chi connectivity index (χ1n) is 11.2. The SMILES string of the molecule is Cc1nc(COc2ccccc2C(=O)NCC(c2ccccc2Cl)c2c[nH]c3ccccc23)no1. The number of carbonyl (C=O) groups excluding carboxylic acids is 1. The van der Waals surface area contributed by atoms with Crippen LogP contribution in [0.3, 0.4) is 0 Å². The Bertz CT molecular complexity index is 1480. The van der Waals surface area contributed by atoms with Gasteiger partial charge in [0, 0.05) is 41.5 Å². The third kappa shape index (κ3) is 4.90. The van der Waals surface area contributed by atoms with E-state index in [2.05, 4.69) is 26.5 Å². The standard InChI is InChI=1S/C27H23ClN4O3/c1-17-31-26(32-35-17)16-34-25-13-7-4-10-20(25)27(33)30-15-21(18-8-2-5-11-23(18)28)22-14-29-24-12-6-3-9-19(22)24/h2-14,21,29H,15-16H2,1H3,(H,30,33). The van der Waals surface area contributed by atoms with Gasteiger partial charge in [-0.05, 0) is 35.4 Å². The lowest BCUT2D eigenvalue weighted by Gasteiger charge is -2.20. The average molecular weight is 487 g/mol. The van der Waals surface area contributed by atoms with Crippen LogP contribution < -0.4 is 10.1 Å². The van der Waals surface area contributed by atoms with Crippen molar-refractivity contribution in [3.05, 3.63) is 112 Å². The van der Waals surface area contributed by atoms with Crippen LogP contribution in [0.5, 0.6) is 5.75 Å². The van der Waals surface area contributed by atoms with Crippen molar-refractivity contribution >= 4 is 28.4 Å². The molecular formula is C27H23ClN4O3. The number of nitrogens with one attached hydrogen (secondary N) is 2. The second-order valence-electron chi connectivity index (χ2n) is 8.09. The van der Waals surface area contributed by atoms with Gasteiger partial charge in [-0.3, -0.25) is 4.79 Å². The van der Waals surface area contributed by atoms with Crippen LogP contribution in [-0.2, 0) is 6.61 Å². The summed E-state index contributed by atoms with van der Waals surface area (Å²) in [5.41, 5.74) is 3.45. The predicted molar refractivity (Wildman–Crippen MR) is 134 cm³/mol. The zero-order chi connectivity index (χ0) is 24.2. The summed E-state index contributed by atoms with van der Waals surface area (Å²) in [6.07, 6.45) is 1.98. The van der Waals surface area contributed by atoms with Crippen molar-refractivity contribution in [2.24, 2.45) is 0 Å². The van der Waals surface area contributed by atoms with Crippen molar-refractivity contribution in [1.82, 2.24) is 20.4 Å². The Hall–Kier alpha value is -4.10. The molecule has 0 spiro atoms. The van der Waals surface area contributed by atoms with Crippen molar-refractivity contribution in [3.8, 4) is 5.75 Å². The van der Waals surface area contributed by atoms with Gasteiger partial charge < -0.3 is 19.6 Å². The lowest BCUT2D eigenvalue weighted by molar-refractivity contribution is 0.0947. The van der Waals surface area contributed by atoms with E-state index in [0.29, 0.717) is 34.6 Å². The van der Waals surface area contributed by atoms with Gasteiger partial charge in [0.1, 0.15) is 5.75 Å². The number of H-pyrrole nitrogens is 1. The van der Waals surface area contributed by atoms with Crippen LogP contribution in [0.2, 0.25) is 5.02 Å². The molecule has 1 unspecified atom stereocenters. The number of aromatic amines is 1. The van der Waals surface area contributed by atoms with E-state index in [9.17, 15) is 4.79 Å². The number of ether oxygens (including phenoxy) is 1. The molecule has 0 radical (unpaired) electrons. The van der Waals surface area contributed by atoms with Gasteiger partial charge in [0.2, 0.25) is 11.7 Å².